The maximum absolute atomic E-state index is 11.8. The number of para-hydroxylation sites is 1. The van der Waals surface area contributed by atoms with E-state index in [1.165, 1.54) is 12.7 Å². The second kappa shape index (κ2) is 7.91. The second-order valence-electron chi connectivity index (χ2n) is 7.82. The second-order valence-corrected chi connectivity index (χ2v) is 7.82. The minimum atomic E-state index is -0.362. The maximum atomic E-state index is 11.8. The van der Waals surface area contributed by atoms with E-state index in [0.717, 1.165) is 41.0 Å². The van der Waals surface area contributed by atoms with E-state index < -0.39 is 0 Å². The van der Waals surface area contributed by atoms with Crippen LogP contribution in [0.25, 0.3) is 0 Å². The molecule has 0 aromatic heterocycles. The number of fused-ring (bicyclic) bond motifs is 3. The molecule has 0 saturated carbocycles. The van der Waals surface area contributed by atoms with Gasteiger partial charge in [-0.25, -0.2) is 9.80 Å². The third-order valence-corrected chi connectivity index (χ3v) is 6.01. The minimum absolute atomic E-state index is 0.107. The summed E-state index contributed by atoms with van der Waals surface area (Å²) in [5.74, 6) is 0.528. The Morgan fingerprint density at radius 1 is 1.06 bits per heavy atom. The summed E-state index contributed by atoms with van der Waals surface area (Å²) in [6.45, 7) is 2.16. The van der Waals surface area contributed by atoms with Crippen molar-refractivity contribution < 1.29 is 14.3 Å². The van der Waals surface area contributed by atoms with Crippen molar-refractivity contribution in [2.75, 3.05) is 7.11 Å². The van der Waals surface area contributed by atoms with Crippen molar-refractivity contribution in [3.63, 3.8) is 0 Å². The van der Waals surface area contributed by atoms with Crippen LogP contribution >= 0.6 is 0 Å². The monoisotopic (exact) mass is 412 g/mol. The average Bonchev–Trinajstić information content (AvgIpc) is 3.29. The first-order valence-electron chi connectivity index (χ1n) is 10.6. The molecular weight excluding hydrogens is 388 g/mol. The van der Waals surface area contributed by atoms with Crippen LogP contribution in [0.15, 0.2) is 77.9 Å². The summed E-state index contributed by atoms with van der Waals surface area (Å²) in [4.78, 5) is 11.8. The van der Waals surface area contributed by atoms with Gasteiger partial charge >= 0.3 is 5.97 Å². The third kappa shape index (κ3) is 3.46. The van der Waals surface area contributed by atoms with Crippen LogP contribution in [0.3, 0.4) is 0 Å². The predicted molar refractivity (Wildman–Crippen MR) is 119 cm³/mol. The molecular formula is C26H24N2O3. The molecule has 0 spiro atoms. The molecule has 2 aliphatic rings. The van der Waals surface area contributed by atoms with Crippen LogP contribution in [0.1, 0.15) is 58.2 Å². The molecule has 5 heteroatoms. The first kappa shape index (κ1) is 19.4. The van der Waals surface area contributed by atoms with Gasteiger partial charge < -0.3 is 9.47 Å². The number of rotatable bonds is 4. The van der Waals surface area contributed by atoms with Gasteiger partial charge in [-0.3, -0.25) is 0 Å². The fourth-order valence-electron chi connectivity index (χ4n) is 4.26. The summed E-state index contributed by atoms with van der Waals surface area (Å²) < 4.78 is 11.2. The Bertz CT molecular complexity index is 1140. The van der Waals surface area contributed by atoms with Gasteiger partial charge in [-0.1, -0.05) is 61.5 Å². The fourth-order valence-corrected chi connectivity index (χ4v) is 4.26. The number of nitrogens with zero attached hydrogens (tertiary/aromatic N) is 2. The van der Waals surface area contributed by atoms with Crippen LogP contribution in [0, 0.1) is 0 Å². The molecule has 0 unspecified atom stereocenters. The van der Waals surface area contributed by atoms with Crippen molar-refractivity contribution >= 4 is 11.7 Å². The summed E-state index contributed by atoms with van der Waals surface area (Å²) >= 11 is 0. The quantitative estimate of drug-likeness (QED) is 0.547. The number of benzene rings is 3. The van der Waals surface area contributed by atoms with Crippen molar-refractivity contribution in [2.24, 2.45) is 5.10 Å². The first-order valence-corrected chi connectivity index (χ1v) is 10.6. The lowest BCUT2D eigenvalue weighted by Crippen LogP contribution is -2.33. The fraction of sp³-hybridized carbons (Fsp3) is 0.231. The molecule has 0 bridgehead atoms. The minimum Gasteiger partial charge on any atom is -0.465 e. The molecule has 3 aromatic rings. The summed E-state index contributed by atoms with van der Waals surface area (Å²) in [5, 5.41) is 7.05. The Balaban J connectivity index is 1.52. The molecule has 156 valence electrons. The molecule has 0 fully saturated rings. The molecule has 0 aliphatic carbocycles. The summed E-state index contributed by atoms with van der Waals surface area (Å²) in [7, 11) is 1.38. The van der Waals surface area contributed by atoms with Gasteiger partial charge in [0.25, 0.3) is 0 Å². The van der Waals surface area contributed by atoms with Crippen LogP contribution < -0.4 is 4.74 Å². The van der Waals surface area contributed by atoms with Gasteiger partial charge in [0, 0.05) is 17.5 Å². The van der Waals surface area contributed by atoms with Crippen molar-refractivity contribution in [1.82, 2.24) is 5.01 Å². The summed E-state index contributed by atoms with van der Waals surface area (Å²) in [6.07, 6.45) is 1.48. The molecule has 0 N–H and O–H groups in total. The zero-order chi connectivity index (χ0) is 21.4. The number of carbonyl (C=O) groups excluding carboxylic acids is 1. The van der Waals surface area contributed by atoms with E-state index in [9.17, 15) is 4.79 Å². The highest BCUT2D eigenvalue weighted by atomic mass is 16.5. The molecule has 5 nitrogen and oxygen atoms in total. The van der Waals surface area contributed by atoms with Gasteiger partial charge in [-0.05, 0) is 35.7 Å². The molecule has 2 atom stereocenters. The largest absolute Gasteiger partial charge is 0.465 e. The van der Waals surface area contributed by atoms with Gasteiger partial charge in [0.15, 0.2) is 0 Å². The molecule has 31 heavy (non-hydrogen) atoms. The van der Waals surface area contributed by atoms with E-state index in [4.69, 9.17) is 14.6 Å². The molecule has 2 aliphatic heterocycles. The third-order valence-electron chi connectivity index (χ3n) is 6.01. The van der Waals surface area contributed by atoms with E-state index in [1.54, 1.807) is 12.1 Å². The maximum Gasteiger partial charge on any atom is 0.337 e. The highest BCUT2D eigenvalue weighted by Gasteiger charge is 2.40. The summed E-state index contributed by atoms with van der Waals surface area (Å²) in [6, 6.07) is 24.3. The van der Waals surface area contributed by atoms with Gasteiger partial charge in [-0.15, -0.1) is 0 Å². The molecule has 5 rings (SSSR count). The lowest BCUT2D eigenvalue weighted by molar-refractivity contribution is -0.0190. The van der Waals surface area contributed by atoms with E-state index >= 15 is 0 Å². The lowest BCUT2D eigenvalue weighted by Gasteiger charge is -2.38. The van der Waals surface area contributed by atoms with Crippen LogP contribution in [0.5, 0.6) is 5.75 Å². The Morgan fingerprint density at radius 2 is 1.81 bits per heavy atom. The average molecular weight is 412 g/mol. The number of hydrazone groups is 1. The number of aryl methyl sites for hydroxylation is 1. The van der Waals surface area contributed by atoms with Gasteiger partial charge in [0.05, 0.1) is 24.4 Å². The standard InChI is InChI=1S/C26H24N2O3/c1-3-17-8-10-18(11-9-17)22-16-23-21-6-4-5-7-24(21)31-25(28(23)27-22)19-12-14-20(15-13-19)26(29)30-2/h4-15,23,25H,3,16H2,1-2H3/t23-,25+/m0/s1. The van der Waals surface area contributed by atoms with Gasteiger partial charge in [0.1, 0.15) is 5.75 Å². The molecule has 0 saturated heterocycles. The first-order chi connectivity index (χ1) is 15.2. The zero-order valence-electron chi connectivity index (χ0n) is 17.6. The molecule has 3 aromatic carbocycles. The van der Waals surface area contributed by atoms with Gasteiger partial charge in [-0.2, -0.15) is 5.10 Å². The summed E-state index contributed by atoms with van der Waals surface area (Å²) in [5.41, 5.74) is 6.12. The number of methoxy groups -OCH3 is 1. The van der Waals surface area contributed by atoms with Crippen LogP contribution in [0.2, 0.25) is 0 Å². The molecule has 0 amide bonds. The SMILES string of the molecule is CCc1ccc(C2=NN3[C@@H](c4ccc(C(=O)OC)cc4)Oc4ccccc4[C@@H]3C2)cc1. The Kier molecular flexibility index (Phi) is 4.94. The molecule has 0 radical (unpaired) electrons. The number of hydrogen-bond acceptors (Lipinski definition) is 5. The van der Waals surface area contributed by atoms with Crippen molar-refractivity contribution in [3.8, 4) is 5.75 Å². The Morgan fingerprint density at radius 3 is 2.52 bits per heavy atom. The van der Waals surface area contributed by atoms with E-state index in [-0.39, 0.29) is 18.2 Å². The number of esters is 1. The Hall–Kier alpha value is -3.60. The smallest absolute Gasteiger partial charge is 0.337 e. The number of hydrogen-bond donors (Lipinski definition) is 0. The van der Waals surface area contributed by atoms with Crippen molar-refractivity contribution in [3.05, 3.63) is 101 Å². The number of ether oxygens (including phenoxy) is 2. The topological polar surface area (TPSA) is 51.1 Å². The van der Waals surface area contributed by atoms with E-state index in [2.05, 4.69) is 42.3 Å². The van der Waals surface area contributed by atoms with Crippen LogP contribution in [-0.2, 0) is 11.2 Å². The van der Waals surface area contributed by atoms with E-state index in [0.29, 0.717) is 5.56 Å². The highest BCUT2D eigenvalue weighted by molar-refractivity contribution is 6.02. The van der Waals surface area contributed by atoms with Gasteiger partial charge in [0.2, 0.25) is 6.23 Å². The lowest BCUT2D eigenvalue weighted by atomic mass is 9.95. The normalized spacial score (nSPS) is 19.2. The number of carbonyl (C=O) groups is 1. The van der Waals surface area contributed by atoms with Crippen molar-refractivity contribution in [2.45, 2.75) is 32.0 Å². The Labute approximate surface area is 181 Å². The van der Waals surface area contributed by atoms with Crippen LogP contribution in [-0.4, -0.2) is 23.8 Å². The highest BCUT2D eigenvalue weighted by Crippen LogP contribution is 2.47. The van der Waals surface area contributed by atoms with E-state index in [1.807, 2.05) is 30.3 Å². The molecule has 2 heterocycles. The predicted octanol–water partition coefficient (Wildman–Crippen LogP) is 5.28. The zero-order valence-corrected chi connectivity index (χ0v) is 17.6. The van der Waals surface area contributed by atoms with Crippen LogP contribution in [0.4, 0.5) is 0 Å². The van der Waals surface area contributed by atoms with Crippen molar-refractivity contribution in [1.29, 1.82) is 0 Å².